The van der Waals surface area contributed by atoms with Crippen LogP contribution in [0, 0.1) is 5.92 Å². The molecule has 1 aliphatic heterocycles. The molecule has 1 aliphatic rings. The molecule has 0 amide bonds. The first-order valence-electron chi connectivity index (χ1n) is 6.71. The monoisotopic (exact) mass is 299 g/mol. The second kappa shape index (κ2) is 6.51. The van der Waals surface area contributed by atoms with Crippen LogP contribution in [0.15, 0.2) is 23.2 Å². The van der Waals surface area contributed by atoms with E-state index in [0.29, 0.717) is 31.4 Å². The summed E-state index contributed by atoms with van der Waals surface area (Å²) in [7, 11) is -0.124. The second-order valence-corrected chi connectivity index (χ2v) is 6.81. The number of methoxy groups -OCH3 is 1. The SMILES string of the molecule is CNc1ncccc1S(=O)(=O)N1CCC(COC)CC1. The van der Waals surface area contributed by atoms with E-state index in [0.717, 1.165) is 12.8 Å². The Morgan fingerprint density at radius 3 is 2.75 bits per heavy atom. The van der Waals surface area contributed by atoms with Crippen molar-refractivity contribution in [2.75, 3.05) is 39.2 Å². The zero-order valence-corrected chi connectivity index (χ0v) is 12.7. The van der Waals surface area contributed by atoms with Crippen molar-refractivity contribution in [1.82, 2.24) is 9.29 Å². The summed E-state index contributed by atoms with van der Waals surface area (Å²) in [5.74, 6) is 0.843. The van der Waals surface area contributed by atoms with E-state index < -0.39 is 10.0 Å². The summed E-state index contributed by atoms with van der Waals surface area (Å²) in [6.07, 6.45) is 3.25. The lowest BCUT2D eigenvalue weighted by atomic mass is 9.99. The number of ether oxygens (including phenoxy) is 1. The highest BCUT2D eigenvalue weighted by atomic mass is 32.2. The van der Waals surface area contributed by atoms with Gasteiger partial charge in [-0.1, -0.05) is 0 Å². The molecule has 0 aliphatic carbocycles. The van der Waals surface area contributed by atoms with Crippen molar-refractivity contribution in [3.8, 4) is 0 Å². The second-order valence-electron chi connectivity index (χ2n) is 4.90. The Labute approximate surface area is 120 Å². The van der Waals surface area contributed by atoms with Gasteiger partial charge in [-0.25, -0.2) is 13.4 Å². The predicted octanol–water partition coefficient (Wildman–Crippen LogP) is 1.17. The van der Waals surface area contributed by atoms with Crippen LogP contribution >= 0.6 is 0 Å². The minimum absolute atomic E-state index is 0.243. The van der Waals surface area contributed by atoms with Gasteiger partial charge in [0.05, 0.1) is 0 Å². The van der Waals surface area contributed by atoms with Gasteiger partial charge in [0.15, 0.2) is 0 Å². The van der Waals surface area contributed by atoms with Crippen LogP contribution in [0.3, 0.4) is 0 Å². The van der Waals surface area contributed by atoms with Crippen molar-refractivity contribution in [1.29, 1.82) is 0 Å². The van der Waals surface area contributed by atoms with E-state index in [1.165, 1.54) is 4.31 Å². The van der Waals surface area contributed by atoms with Crippen molar-refractivity contribution >= 4 is 15.8 Å². The highest BCUT2D eigenvalue weighted by Crippen LogP contribution is 2.26. The summed E-state index contributed by atoms with van der Waals surface area (Å²) < 4.78 is 32.0. The Hall–Kier alpha value is -1.18. The van der Waals surface area contributed by atoms with Crippen LogP contribution in [-0.2, 0) is 14.8 Å². The van der Waals surface area contributed by atoms with Crippen LogP contribution in [-0.4, -0.2) is 51.6 Å². The molecule has 112 valence electrons. The first kappa shape index (κ1) is 15.2. The minimum atomic E-state index is -3.48. The molecule has 7 heteroatoms. The van der Waals surface area contributed by atoms with Crippen LogP contribution in [0.4, 0.5) is 5.82 Å². The number of nitrogens with one attached hydrogen (secondary N) is 1. The van der Waals surface area contributed by atoms with Crippen molar-refractivity contribution in [2.45, 2.75) is 17.7 Å². The van der Waals surface area contributed by atoms with E-state index in [-0.39, 0.29) is 4.90 Å². The lowest BCUT2D eigenvalue weighted by molar-refractivity contribution is 0.121. The van der Waals surface area contributed by atoms with Gasteiger partial charge >= 0.3 is 0 Å². The first-order valence-corrected chi connectivity index (χ1v) is 8.15. The fraction of sp³-hybridized carbons (Fsp3) is 0.615. The summed E-state index contributed by atoms with van der Waals surface area (Å²) >= 11 is 0. The van der Waals surface area contributed by atoms with Crippen molar-refractivity contribution in [3.63, 3.8) is 0 Å². The first-order chi connectivity index (χ1) is 9.59. The van der Waals surface area contributed by atoms with Crippen molar-refractivity contribution in [2.24, 2.45) is 5.92 Å². The lowest BCUT2D eigenvalue weighted by Gasteiger charge is -2.31. The molecule has 0 aromatic carbocycles. The smallest absolute Gasteiger partial charge is 0.246 e. The molecule has 1 saturated heterocycles. The fourth-order valence-corrected chi connectivity index (χ4v) is 4.10. The van der Waals surface area contributed by atoms with Crippen LogP contribution in [0.1, 0.15) is 12.8 Å². The standard InChI is InChI=1S/C13H21N3O3S/c1-14-13-12(4-3-7-15-13)20(17,18)16-8-5-11(6-9-16)10-19-2/h3-4,7,11H,5-6,8-10H2,1-2H3,(H,14,15). The van der Waals surface area contributed by atoms with Crippen LogP contribution < -0.4 is 5.32 Å². The molecule has 0 atom stereocenters. The number of sulfonamides is 1. The molecule has 6 nitrogen and oxygen atoms in total. The number of aromatic nitrogens is 1. The molecule has 1 N–H and O–H groups in total. The van der Waals surface area contributed by atoms with Crippen LogP contribution in [0.5, 0.6) is 0 Å². The van der Waals surface area contributed by atoms with Gasteiger partial charge in [0.25, 0.3) is 0 Å². The molecule has 0 unspecified atom stereocenters. The molecule has 20 heavy (non-hydrogen) atoms. The quantitative estimate of drug-likeness (QED) is 0.883. The number of nitrogens with zero attached hydrogens (tertiary/aromatic N) is 2. The summed E-state index contributed by atoms with van der Waals surface area (Å²) in [4.78, 5) is 4.31. The van der Waals surface area contributed by atoms with Crippen molar-refractivity contribution in [3.05, 3.63) is 18.3 Å². The van der Waals surface area contributed by atoms with E-state index in [1.54, 1.807) is 32.5 Å². The number of piperidine rings is 1. The molecule has 1 aromatic rings. The molecule has 0 bridgehead atoms. The molecular weight excluding hydrogens is 278 g/mol. The summed E-state index contributed by atoms with van der Waals surface area (Å²) in [6, 6.07) is 3.24. The Morgan fingerprint density at radius 1 is 1.45 bits per heavy atom. The maximum absolute atomic E-state index is 12.6. The molecule has 1 aromatic heterocycles. The topological polar surface area (TPSA) is 71.5 Å². The van der Waals surface area contributed by atoms with Gasteiger partial charge in [0, 0.05) is 40.1 Å². The number of pyridine rings is 1. The molecular formula is C13H21N3O3S. The third-order valence-corrected chi connectivity index (χ3v) is 5.53. The van der Waals surface area contributed by atoms with Gasteiger partial charge in [-0.05, 0) is 30.9 Å². The van der Waals surface area contributed by atoms with Gasteiger partial charge in [-0.15, -0.1) is 0 Å². The molecule has 2 rings (SSSR count). The zero-order valence-electron chi connectivity index (χ0n) is 11.9. The molecule has 0 spiro atoms. The van der Waals surface area contributed by atoms with Crippen LogP contribution in [0.2, 0.25) is 0 Å². The predicted molar refractivity (Wildman–Crippen MR) is 77.1 cm³/mol. The Morgan fingerprint density at radius 2 is 2.15 bits per heavy atom. The fourth-order valence-electron chi connectivity index (χ4n) is 2.48. The molecule has 0 saturated carbocycles. The number of hydrogen-bond acceptors (Lipinski definition) is 5. The minimum Gasteiger partial charge on any atom is -0.384 e. The van der Waals surface area contributed by atoms with Gasteiger partial charge in [0.2, 0.25) is 10.0 Å². The van der Waals surface area contributed by atoms with Gasteiger partial charge in [-0.3, -0.25) is 0 Å². The highest BCUT2D eigenvalue weighted by Gasteiger charge is 2.31. The maximum Gasteiger partial charge on any atom is 0.246 e. The average molecular weight is 299 g/mol. The molecule has 2 heterocycles. The Bertz CT molecular complexity index is 540. The van der Waals surface area contributed by atoms with Gasteiger partial charge < -0.3 is 10.1 Å². The van der Waals surface area contributed by atoms with Crippen LogP contribution in [0.25, 0.3) is 0 Å². The van der Waals surface area contributed by atoms with E-state index in [2.05, 4.69) is 10.3 Å². The van der Waals surface area contributed by atoms with E-state index in [1.807, 2.05) is 0 Å². The third-order valence-electron chi connectivity index (χ3n) is 3.60. The van der Waals surface area contributed by atoms with E-state index in [9.17, 15) is 8.42 Å². The van der Waals surface area contributed by atoms with E-state index >= 15 is 0 Å². The van der Waals surface area contributed by atoms with Gasteiger partial charge in [0.1, 0.15) is 10.7 Å². The highest BCUT2D eigenvalue weighted by molar-refractivity contribution is 7.89. The number of rotatable bonds is 5. The van der Waals surface area contributed by atoms with E-state index in [4.69, 9.17) is 4.74 Å². The lowest BCUT2D eigenvalue weighted by Crippen LogP contribution is -2.39. The third kappa shape index (κ3) is 3.11. The van der Waals surface area contributed by atoms with Gasteiger partial charge in [-0.2, -0.15) is 4.31 Å². The summed E-state index contributed by atoms with van der Waals surface area (Å²) in [6.45, 7) is 1.77. The zero-order chi connectivity index (χ0) is 14.6. The number of anilines is 1. The summed E-state index contributed by atoms with van der Waals surface area (Å²) in [5.41, 5.74) is 0. The van der Waals surface area contributed by atoms with Crippen molar-refractivity contribution < 1.29 is 13.2 Å². The average Bonchev–Trinajstić information content (AvgIpc) is 2.48. The molecule has 1 fully saturated rings. The maximum atomic E-state index is 12.6. The summed E-state index contributed by atoms with van der Waals surface area (Å²) in [5, 5.41) is 2.83. The Balaban J connectivity index is 2.16. The normalized spacial score (nSPS) is 18.1. The molecule has 0 radical (unpaired) electrons. The largest absolute Gasteiger partial charge is 0.384 e. The number of hydrogen-bond donors (Lipinski definition) is 1. The Kier molecular flexibility index (Phi) is 4.95.